The predicted molar refractivity (Wildman–Crippen MR) is 124 cm³/mol. The van der Waals surface area contributed by atoms with E-state index in [4.69, 9.17) is 33.7 Å². The fourth-order valence-electron chi connectivity index (χ4n) is 4.12. The number of halogens is 3. The first kappa shape index (κ1) is 24.0. The van der Waals surface area contributed by atoms with E-state index >= 15 is 0 Å². The molecule has 0 saturated carbocycles. The molecule has 1 atom stereocenters. The highest BCUT2D eigenvalue weighted by Crippen LogP contribution is 2.30. The second-order valence-electron chi connectivity index (χ2n) is 8.15. The summed E-state index contributed by atoms with van der Waals surface area (Å²) in [5, 5.41) is 1.14. The fourth-order valence-corrected chi connectivity index (χ4v) is 4.44. The van der Waals surface area contributed by atoms with E-state index in [1.807, 2.05) is 18.2 Å². The lowest BCUT2D eigenvalue weighted by Gasteiger charge is -2.36. The maximum Gasteiger partial charge on any atom is 0.162 e. The second-order valence-corrected chi connectivity index (χ2v) is 8.96. The maximum atomic E-state index is 14.2. The number of carbonyl (C=O) groups excluding carboxylic acids is 1. The monoisotopic (exact) mass is 466 g/mol. The van der Waals surface area contributed by atoms with Crippen molar-refractivity contribution < 1.29 is 13.9 Å². The van der Waals surface area contributed by atoms with E-state index in [-0.39, 0.29) is 17.5 Å². The minimum atomic E-state index is -0.543. The Labute approximate surface area is 193 Å². The number of hydrogen-bond acceptors (Lipinski definition) is 4. The number of Topliss-reactive ketones (excluding diaryl/α,β-unsaturated/α-hetero) is 1. The number of ether oxygens (including phenoxy) is 1. The average molecular weight is 467 g/mol. The quantitative estimate of drug-likeness (QED) is 0.479. The van der Waals surface area contributed by atoms with Gasteiger partial charge >= 0.3 is 0 Å². The van der Waals surface area contributed by atoms with Gasteiger partial charge in [-0.15, -0.1) is 0 Å². The zero-order valence-corrected chi connectivity index (χ0v) is 19.3. The van der Waals surface area contributed by atoms with E-state index in [1.165, 1.54) is 19.1 Å². The van der Waals surface area contributed by atoms with Gasteiger partial charge in [-0.25, -0.2) is 4.39 Å². The zero-order valence-electron chi connectivity index (χ0n) is 17.8. The molecular weight excluding hydrogens is 438 g/mol. The maximum absolute atomic E-state index is 14.2. The molecule has 1 saturated heterocycles. The van der Waals surface area contributed by atoms with E-state index in [2.05, 4.69) is 4.90 Å². The molecule has 3 rings (SSSR count). The Morgan fingerprint density at radius 1 is 1.19 bits per heavy atom. The summed E-state index contributed by atoms with van der Waals surface area (Å²) in [5.74, 6) is -0.00740. The topological polar surface area (TPSA) is 55.6 Å². The van der Waals surface area contributed by atoms with Crippen LogP contribution in [0.1, 0.15) is 48.5 Å². The Morgan fingerprint density at radius 2 is 1.94 bits per heavy atom. The number of benzene rings is 2. The minimum Gasteiger partial charge on any atom is -0.490 e. The van der Waals surface area contributed by atoms with Crippen molar-refractivity contribution in [2.45, 2.75) is 45.3 Å². The lowest BCUT2D eigenvalue weighted by Crippen LogP contribution is -2.39. The minimum absolute atomic E-state index is 0.0294. The van der Waals surface area contributed by atoms with Gasteiger partial charge in [-0.05, 0) is 88.0 Å². The van der Waals surface area contributed by atoms with E-state index < -0.39 is 5.82 Å². The van der Waals surface area contributed by atoms with Gasteiger partial charge in [0.15, 0.2) is 5.78 Å². The summed E-state index contributed by atoms with van der Waals surface area (Å²) in [6.07, 6.45) is 3.62. The smallest absolute Gasteiger partial charge is 0.162 e. The lowest BCUT2D eigenvalue weighted by atomic mass is 9.88. The number of likely N-dealkylation sites (tertiary alicyclic amines) is 1. The third-order valence-corrected chi connectivity index (χ3v) is 6.59. The van der Waals surface area contributed by atoms with Gasteiger partial charge in [0.25, 0.3) is 0 Å². The summed E-state index contributed by atoms with van der Waals surface area (Å²) >= 11 is 12.1. The van der Waals surface area contributed by atoms with E-state index in [9.17, 15) is 9.18 Å². The number of rotatable bonds is 9. The van der Waals surface area contributed by atoms with Gasteiger partial charge in [0, 0.05) is 12.6 Å². The summed E-state index contributed by atoms with van der Waals surface area (Å²) in [7, 11) is 0. The van der Waals surface area contributed by atoms with Crippen LogP contribution in [0.3, 0.4) is 0 Å². The van der Waals surface area contributed by atoms with Crippen molar-refractivity contribution in [3.8, 4) is 5.75 Å². The first-order valence-corrected chi connectivity index (χ1v) is 11.5. The molecule has 0 spiro atoms. The normalized spacial score (nSPS) is 16.3. The molecule has 0 radical (unpaired) electrons. The third-order valence-electron chi connectivity index (χ3n) is 5.85. The highest BCUT2D eigenvalue weighted by Gasteiger charge is 2.28. The van der Waals surface area contributed by atoms with Crippen LogP contribution in [0.5, 0.6) is 5.75 Å². The van der Waals surface area contributed by atoms with Crippen LogP contribution in [-0.4, -0.2) is 36.4 Å². The molecule has 0 aromatic heterocycles. The zero-order chi connectivity index (χ0) is 22.4. The summed E-state index contributed by atoms with van der Waals surface area (Å²) in [5.41, 5.74) is 6.95. The molecule has 0 amide bonds. The molecule has 1 aliphatic rings. The first-order chi connectivity index (χ1) is 14.9. The average Bonchev–Trinajstić information content (AvgIpc) is 2.74. The molecule has 0 aliphatic carbocycles. The predicted octanol–water partition coefficient (Wildman–Crippen LogP) is 5.73. The van der Waals surface area contributed by atoms with Crippen molar-refractivity contribution in [1.29, 1.82) is 0 Å². The molecule has 2 aromatic rings. The molecule has 7 heteroatoms. The Balaban J connectivity index is 1.61. The van der Waals surface area contributed by atoms with Gasteiger partial charge < -0.3 is 10.5 Å². The standard InChI is InChI=1S/C24H29Cl2FN2O2/c1-16(30)20-6-5-19(14-23(20)27)31-24(3-2-10-28)18-8-11-29(12-9-18)15-17-4-7-21(25)22(26)13-17/h4-7,13-14,18,24H,2-3,8-12,15,28H2,1H3. The number of nitrogens with zero attached hydrogens (tertiary/aromatic N) is 1. The number of carbonyl (C=O) groups is 1. The molecule has 1 fully saturated rings. The van der Waals surface area contributed by atoms with Crippen LogP contribution in [0.2, 0.25) is 10.0 Å². The molecule has 31 heavy (non-hydrogen) atoms. The molecule has 0 bridgehead atoms. The fraction of sp³-hybridized carbons (Fsp3) is 0.458. The van der Waals surface area contributed by atoms with Crippen LogP contribution in [0.25, 0.3) is 0 Å². The van der Waals surface area contributed by atoms with E-state index in [0.29, 0.717) is 28.3 Å². The van der Waals surface area contributed by atoms with Crippen molar-refractivity contribution >= 4 is 29.0 Å². The Hall–Kier alpha value is -1.66. The molecule has 2 aromatic carbocycles. The van der Waals surface area contributed by atoms with Crippen LogP contribution < -0.4 is 10.5 Å². The number of ketones is 1. The second kappa shape index (κ2) is 11.3. The summed E-state index contributed by atoms with van der Waals surface area (Å²) in [4.78, 5) is 13.9. The first-order valence-electron chi connectivity index (χ1n) is 10.7. The van der Waals surface area contributed by atoms with Gasteiger partial charge in [-0.2, -0.15) is 0 Å². The number of piperidine rings is 1. The lowest BCUT2D eigenvalue weighted by molar-refractivity contribution is 0.0676. The number of hydrogen-bond donors (Lipinski definition) is 1. The van der Waals surface area contributed by atoms with Crippen molar-refractivity contribution in [2.24, 2.45) is 11.7 Å². The van der Waals surface area contributed by atoms with Crippen LogP contribution >= 0.6 is 23.2 Å². The Kier molecular flexibility index (Phi) is 8.73. The third kappa shape index (κ3) is 6.66. The van der Waals surface area contributed by atoms with E-state index in [1.54, 1.807) is 6.07 Å². The van der Waals surface area contributed by atoms with Gasteiger partial charge in [0.1, 0.15) is 17.7 Å². The summed E-state index contributed by atoms with van der Waals surface area (Å²) in [6.45, 7) is 4.67. The highest BCUT2D eigenvalue weighted by molar-refractivity contribution is 6.42. The van der Waals surface area contributed by atoms with Crippen molar-refractivity contribution in [3.05, 3.63) is 63.4 Å². The van der Waals surface area contributed by atoms with Gasteiger partial charge in [-0.3, -0.25) is 9.69 Å². The van der Waals surface area contributed by atoms with E-state index in [0.717, 1.165) is 50.9 Å². The summed E-state index contributed by atoms with van der Waals surface area (Å²) in [6, 6.07) is 10.2. The van der Waals surface area contributed by atoms with Crippen molar-refractivity contribution in [3.63, 3.8) is 0 Å². The van der Waals surface area contributed by atoms with Crippen LogP contribution in [0.4, 0.5) is 4.39 Å². The molecule has 1 unspecified atom stereocenters. The molecule has 1 heterocycles. The molecular formula is C24H29Cl2FN2O2. The van der Waals surface area contributed by atoms with Gasteiger partial charge in [-0.1, -0.05) is 29.3 Å². The molecule has 2 N–H and O–H groups in total. The van der Waals surface area contributed by atoms with Gasteiger partial charge in [0.05, 0.1) is 15.6 Å². The number of nitrogens with two attached hydrogens (primary N) is 1. The molecule has 4 nitrogen and oxygen atoms in total. The Morgan fingerprint density at radius 3 is 2.55 bits per heavy atom. The SMILES string of the molecule is CC(=O)c1ccc(OC(CCCN)C2CCN(Cc3ccc(Cl)c(Cl)c3)CC2)cc1F. The molecule has 168 valence electrons. The molecule has 1 aliphatic heterocycles. The Bertz CT molecular complexity index is 901. The van der Waals surface area contributed by atoms with Crippen molar-refractivity contribution in [1.82, 2.24) is 4.90 Å². The van der Waals surface area contributed by atoms with Gasteiger partial charge in [0.2, 0.25) is 0 Å². The summed E-state index contributed by atoms with van der Waals surface area (Å²) < 4.78 is 20.4. The van der Waals surface area contributed by atoms with Crippen LogP contribution in [0, 0.1) is 11.7 Å². The highest BCUT2D eigenvalue weighted by atomic mass is 35.5. The van der Waals surface area contributed by atoms with Crippen LogP contribution in [-0.2, 0) is 6.54 Å². The van der Waals surface area contributed by atoms with Crippen LogP contribution in [0.15, 0.2) is 36.4 Å². The largest absolute Gasteiger partial charge is 0.490 e. The van der Waals surface area contributed by atoms with Crippen molar-refractivity contribution in [2.75, 3.05) is 19.6 Å².